The van der Waals surface area contributed by atoms with Gasteiger partial charge in [-0.3, -0.25) is 4.55 Å². The van der Waals surface area contributed by atoms with Crippen molar-refractivity contribution in [1.82, 2.24) is 0 Å². The molecule has 0 spiro atoms. The van der Waals surface area contributed by atoms with Crippen LogP contribution in [0.2, 0.25) is 0 Å². The van der Waals surface area contributed by atoms with Crippen molar-refractivity contribution >= 4 is 10.4 Å². The molecular weight excluding hydrogens is 340 g/mol. The second-order valence-corrected chi connectivity index (χ2v) is 7.99. The van der Waals surface area contributed by atoms with Crippen molar-refractivity contribution in [2.45, 2.75) is 103 Å². The van der Waals surface area contributed by atoms with Gasteiger partial charge in [0.2, 0.25) is 0 Å². The first-order chi connectivity index (χ1) is 12.1. The highest BCUT2D eigenvalue weighted by Crippen LogP contribution is 2.13. The molecule has 6 heteroatoms. The maximum absolute atomic E-state index is 10.3. The van der Waals surface area contributed by atoms with Crippen LogP contribution in [-0.2, 0) is 19.3 Å². The van der Waals surface area contributed by atoms with Gasteiger partial charge in [0.25, 0.3) is 0 Å². The Bertz CT molecular complexity index is 357. The summed E-state index contributed by atoms with van der Waals surface area (Å²) in [6.45, 7) is 0.994. The van der Waals surface area contributed by atoms with Gasteiger partial charge in [-0.05, 0) is 12.8 Å². The molecule has 0 fully saturated rings. The van der Waals surface area contributed by atoms with E-state index in [1.54, 1.807) is 7.11 Å². The average Bonchev–Trinajstić information content (AvgIpc) is 2.56. The highest BCUT2D eigenvalue weighted by molar-refractivity contribution is 7.80. The monoisotopic (exact) mass is 380 g/mol. The summed E-state index contributed by atoms with van der Waals surface area (Å²) in [4.78, 5) is 0. The van der Waals surface area contributed by atoms with E-state index in [4.69, 9.17) is 9.29 Å². The number of rotatable bonds is 20. The van der Waals surface area contributed by atoms with Gasteiger partial charge in [-0.25, -0.2) is 4.18 Å². The molecule has 0 aromatic heterocycles. The van der Waals surface area contributed by atoms with Crippen LogP contribution < -0.4 is 0 Å². The van der Waals surface area contributed by atoms with Crippen LogP contribution >= 0.6 is 0 Å². The maximum Gasteiger partial charge on any atom is 0.397 e. The van der Waals surface area contributed by atoms with Crippen LogP contribution in [-0.4, -0.2) is 33.3 Å². The van der Waals surface area contributed by atoms with Gasteiger partial charge in [-0.15, -0.1) is 0 Å². The first kappa shape index (κ1) is 24.8. The van der Waals surface area contributed by atoms with Gasteiger partial charge >= 0.3 is 10.4 Å². The molecule has 5 nitrogen and oxygen atoms in total. The molecule has 0 amide bonds. The van der Waals surface area contributed by atoms with E-state index in [2.05, 4.69) is 4.18 Å². The van der Waals surface area contributed by atoms with Crippen LogP contribution in [0.4, 0.5) is 0 Å². The molecule has 0 saturated heterocycles. The standard InChI is InChI=1S/C19H40O5S/c1-23-18-16-14-12-10-8-6-4-2-3-5-7-9-11-13-15-17-19-24-25(20,21)22/h2-19H2,1H3,(H,20,21,22). The molecule has 0 bridgehead atoms. The predicted molar refractivity (Wildman–Crippen MR) is 103 cm³/mol. The highest BCUT2D eigenvalue weighted by Gasteiger charge is 2.02. The van der Waals surface area contributed by atoms with E-state index in [1.165, 1.54) is 83.5 Å². The van der Waals surface area contributed by atoms with Crippen molar-refractivity contribution in [2.24, 2.45) is 0 Å². The third kappa shape index (κ3) is 23.8. The average molecular weight is 381 g/mol. The van der Waals surface area contributed by atoms with Gasteiger partial charge < -0.3 is 4.74 Å². The summed E-state index contributed by atoms with van der Waals surface area (Å²) in [5.41, 5.74) is 0. The van der Waals surface area contributed by atoms with Crippen LogP contribution in [0.25, 0.3) is 0 Å². The Kier molecular flexibility index (Phi) is 18.5. The summed E-state index contributed by atoms with van der Waals surface area (Å²) in [6.07, 6.45) is 20.0. The summed E-state index contributed by atoms with van der Waals surface area (Å²) in [7, 11) is -2.48. The Morgan fingerprint density at radius 3 is 1.12 bits per heavy atom. The normalized spacial score (nSPS) is 11.9. The third-order valence-electron chi connectivity index (χ3n) is 4.48. The summed E-state index contributed by atoms with van der Waals surface area (Å²) in [5, 5.41) is 0. The lowest BCUT2D eigenvalue weighted by Gasteiger charge is -2.04. The lowest BCUT2D eigenvalue weighted by atomic mass is 10.0. The van der Waals surface area contributed by atoms with Crippen molar-refractivity contribution in [1.29, 1.82) is 0 Å². The first-order valence-electron chi connectivity index (χ1n) is 10.2. The molecule has 0 saturated carbocycles. The van der Waals surface area contributed by atoms with Crippen LogP contribution in [0, 0.1) is 0 Å². The Labute approximate surface area is 155 Å². The van der Waals surface area contributed by atoms with Gasteiger partial charge in [0.15, 0.2) is 0 Å². The van der Waals surface area contributed by atoms with E-state index >= 15 is 0 Å². The van der Waals surface area contributed by atoms with E-state index in [1.807, 2.05) is 0 Å². The van der Waals surface area contributed by atoms with E-state index in [0.29, 0.717) is 6.42 Å². The minimum absolute atomic E-state index is 0.0893. The van der Waals surface area contributed by atoms with Crippen LogP contribution in [0.15, 0.2) is 0 Å². The summed E-state index contributed by atoms with van der Waals surface area (Å²) >= 11 is 0. The number of hydrogen-bond donors (Lipinski definition) is 1. The van der Waals surface area contributed by atoms with Gasteiger partial charge in [-0.1, -0.05) is 89.9 Å². The second kappa shape index (κ2) is 18.6. The molecule has 0 aromatic rings. The fourth-order valence-corrected chi connectivity index (χ4v) is 3.32. The molecule has 0 radical (unpaired) electrons. The molecule has 0 aromatic carbocycles. The van der Waals surface area contributed by atoms with E-state index < -0.39 is 10.4 Å². The van der Waals surface area contributed by atoms with Crippen LogP contribution in [0.1, 0.15) is 103 Å². The summed E-state index contributed by atoms with van der Waals surface area (Å²) in [5.74, 6) is 0. The van der Waals surface area contributed by atoms with Crippen molar-refractivity contribution in [2.75, 3.05) is 20.3 Å². The molecule has 0 atom stereocenters. The minimum atomic E-state index is -4.25. The van der Waals surface area contributed by atoms with E-state index in [0.717, 1.165) is 19.4 Å². The lowest BCUT2D eigenvalue weighted by molar-refractivity contribution is 0.192. The van der Waals surface area contributed by atoms with E-state index in [-0.39, 0.29) is 6.61 Å². The molecule has 0 rings (SSSR count). The number of unbranched alkanes of at least 4 members (excludes halogenated alkanes) is 15. The van der Waals surface area contributed by atoms with Crippen molar-refractivity contribution in [3.05, 3.63) is 0 Å². The summed E-state index contributed by atoms with van der Waals surface area (Å²) < 4.78 is 38.4. The molecule has 0 heterocycles. The molecule has 1 N–H and O–H groups in total. The fourth-order valence-electron chi connectivity index (χ4n) is 2.99. The SMILES string of the molecule is COCCCCCCCCCCCCCCCCCCOS(=O)(=O)O. The number of hydrogen-bond acceptors (Lipinski definition) is 4. The zero-order valence-electron chi connectivity index (χ0n) is 16.2. The second-order valence-electron chi connectivity index (χ2n) is 6.90. The third-order valence-corrected chi connectivity index (χ3v) is 4.94. The van der Waals surface area contributed by atoms with Crippen LogP contribution in [0.3, 0.4) is 0 Å². The first-order valence-corrected chi connectivity index (χ1v) is 11.5. The number of ether oxygens (including phenoxy) is 1. The Balaban J connectivity index is 3.03. The molecule has 0 aliphatic heterocycles. The van der Waals surface area contributed by atoms with Gasteiger partial charge in [0.1, 0.15) is 0 Å². The largest absolute Gasteiger partial charge is 0.397 e. The van der Waals surface area contributed by atoms with Gasteiger partial charge in [-0.2, -0.15) is 8.42 Å². The molecule has 152 valence electrons. The topological polar surface area (TPSA) is 72.8 Å². The Hall–Kier alpha value is -0.170. The molecule has 0 aliphatic carbocycles. The zero-order valence-corrected chi connectivity index (χ0v) is 17.0. The smallest absolute Gasteiger partial charge is 0.385 e. The van der Waals surface area contributed by atoms with Gasteiger partial charge in [0.05, 0.1) is 6.61 Å². The minimum Gasteiger partial charge on any atom is -0.385 e. The molecular formula is C19H40O5S. The van der Waals surface area contributed by atoms with E-state index in [9.17, 15) is 8.42 Å². The van der Waals surface area contributed by atoms with Gasteiger partial charge in [0, 0.05) is 13.7 Å². The zero-order chi connectivity index (χ0) is 18.6. The summed E-state index contributed by atoms with van der Waals surface area (Å²) in [6, 6.07) is 0. The fraction of sp³-hybridized carbons (Fsp3) is 1.00. The van der Waals surface area contributed by atoms with Crippen LogP contribution in [0.5, 0.6) is 0 Å². The molecule has 0 unspecified atom stereocenters. The lowest BCUT2D eigenvalue weighted by Crippen LogP contribution is -2.04. The molecule has 0 aliphatic rings. The quantitative estimate of drug-likeness (QED) is 0.217. The maximum atomic E-state index is 10.3. The van der Waals surface area contributed by atoms with Crippen molar-refractivity contribution in [3.63, 3.8) is 0 Å². The Morgan fingerprint density at radius 2 is 0.840 bits per heavy atom. The predicted octanol–water partition coefficient (Wildman–Crippen LogP) is 5.69. The molecule has 25 heavy (non-hydrogen) atoms. The Morgan fingerprint density at radius 1 is 0.560 bits per heavy atom. The highest BCUT2D eigenvalue weighted by atomic mass is 32.3. The van der Waals surface area contributed by atoms with Crippen molar-refractivity contribution < 1.29 is 21.9 Å². The number of methoxy groups -OCH3 is 1. The van der Waals surface area contributed by atoms with Crippen molar-refractivity contribution in [3.8, 4) is 0 Å².